The maximum Gasteiger partial charge on any atom is 0.344 e. The highest BCUT2D eigenvalue weighted by Gasteiger charge is 2.19. The molecular formula is C27H17FN2O3S. The fourth-order valence-electron chi connectivity index (χ4n) is 3.30. The molecule has 2 heterocycles. The van der Waals surface area contributed by atoms with Crippen LogP contribution < -0.4 is 4.74 Å². The van der Waals surface area contributed by atoms with E-state index in [2.05, 4.69) is 10.1 Å². The number of ether oxygens (including phenoxy) is 1. The van der Waals surface area contributed by atoms with Gasteiger partial charge in [-0.2, -0.15) is 0 Å². The molecule has 0 amide bonds. The number of rotatable bonds is 6. The molecule has 0 N–H and O–H groups in total. The summed E-state index contributed by atoms with van der Waals surface area (Å²) in [5.74, 6) is -0.748. The maximum absolute atomic E-state index is 14.7. The Morgan fingerprint density at radius 1 is 0.941 bits per heavy atom. The third kappa shape index (κ3) is 4.74. The van der Waals surface area contributed by atoms with E-state index in [0.717, 1.165) is 22.8 Å². The number of hydrogen-bond donors (Lipinski definition) is 0. The number of carbonyl (C=O) groups excluding carboxylic acids is 1. The van der Waals surface area contributed by atoms with Crippen LogP contribution in [0.25, 0.3) is 23.1 Å². The zero-order valence-electron chi connectivity index (χ0n) is 17.7. The van der Waals surface area contributed by atoms with Crippen molar-refractivity contribution in [1.82, 2.24) is 10.1 Å². The van der Waals surface area contributed by atoms with Gasteiger partial charge in [-0.05, 0) is 66.7 Å². The van der Waals surface area contributed by atoms with Gasteiger partial charge in [0.15, 0.2) is 5.58 Å². The molecule has 0 aliphatic carbocycles. The quantitative estimate of drug-likeness (QED) is 0.199. The summed E-state index contributed by atoms with van der Waals surface area (Å²) < 4.78 is 25.6. The molecular weight excluding hydrogens is 451 g/mol. The van der Waals surface area contributed by atoms with Crippen LogP contribution in [0.15, 0.2) is 105 Å². The van der Waals surface area contributed by atoms with Crippen LogP contribution in [0.1, 0.15) is 21.7 Å². The van der Waals surface area contributed by atoms with E-state index >= 15 is 0 Å². The lowest BCUT2D eigenvalue weighted by Gasteiger charge is -2.10. The molecule has 166 valence electrons. The first-order valence-electron chi connectivity index (χ1n) is 10.4. The third-order valence-corrected chi connectivity index (χ3v) is 6.04. The monoisotopic (exact) mass is 468 g/mol. The van der Waals surface area contributed by atoms with E-state index in [9.17, 15) is 9.18 Å². The van der Waals surface area contributed by atoms with Crippen molar-refractivity contribution in [3.8, 4) is 5.75 Å². The number of hydrogen-bond acceptors (Lipinski definition) is 6. The summed E-state index contributed by atoms with van der Waals surface area (Å²) in [4.78, 5) is 17.9. The molecule has 3 aromatic carbocycles. The van der Waals surface area contributed by atoms with Gasteiger partial charge >= 0.3 is 5.97 Å². The fraction of sp³-hybridized carbons (Fsp3) is 0. The topological polar surface area (TPSA) is 65.2 Å². The molecule has 0 spiro atoms. The molecule has 2 aromatic heterocycles. The average molecular weight is 469 g/mol. The number of nitrogens with zero attached hydrogens (tertiary/aromatic N) is 2. The van der Waals surface area contributed by atoms with Gasteiger partial charge in [0.05, 0.1) is 16.2 Å². The highest BCUT2D eigenvalue weighted by atomic mass is 32.2. The molecule has 0 saturated carbocycles. The molecule has 0 bridgehead atoms. The smallest absolute Gasteiger partial charge is 0.344 e. The third-order valence-electron chi connectivity index (χ3n) is 4.93. The first kappa shape index (κ1) is 21.6. The van der Waals surface area contributed by atoms with Crippen molar-refractivity contribution in [3.63, 3.8) is 0 Å². The molecule has 5 nitrogen and oxygen atoms in total. The highest BCUT2D eigenvalue weighted by Crippen LogP contribution is 2.35. The van der Waals surface area contributed by atoms with Crippen LogP contribution in [0.5, 0.6) is 5.75 Å². The van der Waals surface area contributed by atoms with Crippen LogP contribution in [0.2, 0.25) is 0 Å². The van der Waals surface area contributed by atoms with Crippen LogP contribution in [0.4, 0.5) is 4.39 Å². The van der Waals surface area contributed by atoms with Crippen molar-refractivity contribution in [1.29, 1.82) is 0 Å². The van der Waals surface area contributed by atoms with E-state index in [1.165, 1.54) is 12.1 Å². The summed E-state index contributed by atoms with van der Waals surface area (Å²) in [6.45, 7) is 0. The van der Waals surface area contributed by atoms with Crippen LogP contribution in [-0.2, 0) is 0 Å². The Hall–Kier alpha value is -4.23. The molecule has 0 atom stereocenters. The van der Waals surface area contributed by atoms with E-state index in [1.807, 2.05) is 48.6 Å². The summed E-state index contributed by atoms with van der Waals surface area (Å²) in [5.41, 5.74) is 2.16. The van der Waals surface area contributed by atoms with E-state index in [4.69, 9.17) is 9.26 Å². The van der Waals surface area contributed by atoms with Crippen molar-refractivity contribution < 1.29 is 18.4 Å². The summed E-state index contributed by atoms with van der Waals surface area (Å²) in [6.07, 6.45) is 5.40. The van der Waals surface area contributed by atoms with Gasteiger partial charge in [-0.25, -0.2) is 9.18 Å². The average Bonchev–Trinajstić information content (AvgIpc) is 3.27. The number of aromatic nitrogens is 2. The lowest BCUT2D eigenvalue weighted by Crippen LogP contribution is -2.10. The van der Waals surface area contributed by atoms with E-state index in [0.29, 0.717) is 21.9 Å². The van der Waals surface area contributed by atoms with Gasteiger partial charge in [0, 0.05) is 16.5 Å². The SMILES string of the molecule is O=C(Oc1ccccc1)c1cccc(F)c1Sc1ccc2c(/C=C/c3ccccn3)noc2c1. The van der Waals surface area contributed by atoms with Crippen molar-refractivity contribution in [2.75, 3.05) is 0 Å². The number of carbonyl (C=O) groups is 1. The van der Waals surface area contributed by atoms with Gasteiger partial charge < -0.3 is 9.26 Å². The molecule has 34 heavy (non-hydrogen) atoms. The predicted octanol–water partition coefficient (Wildman–Crippen LogP) is 6.90. The Morgan fingerprint density at radius 3 is 2.62 bits per heavy atom. The number of fused-ring (bicyclic) bond motifs is 1. The van der Waals surface area contributed by atoms with Crippen LogP contribution in [0, 0.1) is 5.82 Å². The lowest BCUT2D eigenvalue weighted by molar-refractivity contribution is 0.0730. The predicted molar refractivity (Wildman–Crippen MR) is 129 cm³/mol. The fourth-order valence-corrected chi connectivity index (χ4v) is 4.27. The Morgan fingerprint density at radius 2 is 1.79 bits per heavy atom. The summed E-state index contributed by atoms with van der Waals surface area (Å²) in [5, 5.41) is 4.94. The molecule has 7 heteroatoms. The second-order valence-corrected chi connectivity index (χ2v) is 8.32. The van der Waals surface area contributed by atoms with Gasteiger partial charge in [0.1, 0.15) is 17.3 Å². The number of esters is 1. The minimum Gasteiger partial charge on any atom is -0.423 e. The van der Waals surface area contributed by atoms with E-state index in [1.54, 1.807) is 42.6 Å². The zero-order chi connectivity index (χ0) is 23.3. The first-order valence-corrected chi connectivity index (χ1v) is 11.2. The molecule has 5 rings (SSSR count). The minimum absolute atomic E-state index is 0.144. The van der Waals surface area contributed by atoms with Crippen molar-refractivity contribution in [2.24, 2.45) is 0 Å². The second-order valence-electron chi connectivity index (χ2n) is 7.23. The van der Waals surface area contributed by atoms with Crippen molar-refractivity contribution in [2.45, 2.75) is 9.79 Å². The molecule has 0 fully saturated rings. The van der Waals surface area contributed by atoms with Gasteiger partial charge in [-0.1, -0.05) is 47.3 Å². The number of pyridine rings is 1. The number of para-hydroxylation sites is 1. The van der Waals surface area contributed by atoms with Crippen LogP contribution in [0.3, 0.4) is 0 Å². The van der Waals surface area contributed by atoms with E-state index < -0.39 is 11.8 Å². The standard InChI is InChI=1S/C27H17FN2O3S/c28-23-11-6-10-22(27(31)32-19-8-2-1-3-9-19)26(23)34-20-13-14-21-24(30-33-25(21)17-20)15-12-18-7-4-5-16-29-18/h1-17H/b15-12+. The van der Waals surface area contributed by atoms with Gasteiger partial charge in [0.2, 0.25) is 0 Å². The Balaban J connectivity index is 1.40. The molecule has 0 saturated heterocycles. The van der Waals surface area contributed by atoms with Gasteiger partial charge in [-0.3, -0.25) is 4.98 Å². The Bertz CT molecular complexity index is 1480. The second kappa shape index (κ2) is 9.72. The molecule has 0 aliphatic heterocycles. The molecule has 5 aromatic rings. The highest BCUT2D eigenvalue weighted by molar-refractivity contribution is 7.99. The lowest BCUT2D eigenvalue weighted by atomic mass is 10.2. The largest absolute Gasteiger partial charge is 0.423 e. The van der Waals surface area contributed by atoms with Gasteiger partial charge in [0.25, 0.3) is 0 Å². The molecule has 0 unspecified atom stereocenters. The summed E-state index contributed by atoms with van der Waals surface area (Å²) in [7, 11) is 0. The van der Waals surface area contributed by atoms with Crippen molar-refractivity contribution in [3.05, 3.63) is 114 Å². The zero-order valence-corrected chi connectivity index (χ0v) is 18.5. The van der Waals surface area contributed by atoms with Crippen LogP contribution >= 0.6 is 11.8 Å². The Labute approximate surface area is 198 Å². The van der Waals surface area contributed by atoms with E-state index in [-0.39, 0.29) is 10.5 Å². The summed E-state index contributed by atoms with van der Waals surface area (Å²) >= 11 is 1.12. The normalized spacial score (nSPS) is 11.2. The number of benzene rings is 3. The van der Waals surface area contributed by atoms with Gasteiger partial charge in [-0.15, -0.1) is 0 Å². The molecule has 0 radical (unpaired) electrons. The summed E-state index contributed by atoms with van der Waals surface area (Å²) in [6, 6.07) is 24.1. The van der Waals surface area contributed by atoms with Crippen LogP contribution in [-0.4, -0.2) is 16.1 Å². The molecule has 0 aliphatic rings. The first-order chi connectivity index (χ1) is 16.7. The Kier molecular flexibility index (Phi) is 6.18. The minimum atomic E-state index is -0.629. The maximum atomic E-state index is 14.7. The van der Waals surface area contributed by atoms with Crippen molar-refractivity contribution >= 4 is 40.9 Å². The number of halogens is 1.